The first kappa shape index (κ1) is 13.5. The molecule has 1 aliphatic carbocycles. The van der Waals surface area contributed by atoms with Crippen molar-refractivity contribution in [2.45, 2.75) is 51.5 Å². The smallest absolute Gasteiger partial charge is 0.123 e. The molecule has 18 heavy (non-hydrogen) atoms. The van der Waals surface area contributed by atoms with Crippen LogP contribution in [-0.4, -0.2) is 6.54 Å². The van der Waals surface area contributed by atoms with Crippen LogP contribution >= 0.6 is 0 Å². The summed E-state index contributed by atoms with van der Waals surface area (Å²) < 4.78 is 13.0. The summed E-state index contributed by atoms with van der Waals surface area (Å²) in [5, 5.41) is 3.67. The number of unbranched alkanes of at least 4 members (excludes halogenated alkanes) is 1. The number of nitrogens with one attached hydrogen (secondary N) is 1. The predicted octanol–water partition coefficient (Wildman–Crippen LogP) is 4.45. The van der Waals surface area contributed by atoms with Gasteiger partial charge in [0.2, 0.25) is 0 Å². The Morgan fingerprint density at radius 1 is 1.28 bits per heavy atom. The Hall–Kier alpha value is -0.890. The molecular weight excluding hydrogens is 225 g/mol. The highest BCUT2D eigenvalue weighted by atomic mass is 19.1. The van der Waals surface area contributed by atoms with Crippen LogP contribution in [0.3, 0.4) is 0 Å². The minimum absolute atomic E-state index is 0.146. The van der Waals surface area contributed by atoms with Crippen LogP contribution < -0.4 is 5.32 Å². The minimum atomic E-state index is -0.146. The Kier molecular flexibility index (Phi) is 5.18. The molecule has 1 fully saturated rings. The number of rotatable bonds is 7. The van der Waals surface area contributed by atoms with Crippen molar-refractivity contribution < 1.29 is 4.39 Å². The van der Waals surface area contributed by atoms with Crippen molar-refractivity contribution >= 4 is 0 Å². The van der Waals surface area contributed by atoms with E-state index in [1.54, 1.807) is 12.1 Å². The number of benzene rings is 1. The van der Waals surface area contributed by atoms with Gasteiger partial charge in [0.25, 0.3) is 0 Å². The molecular formula is C16H24FN. The third-order valence-electron chi connectivity index (χ3n) is 4.00. The lowest BCUT2D eigenvalue weighted by Crippen LogP contribution is -2.30. The van der Waals surface area contributed by atoms with Crippen LogP contribution in [0.15, 0.2) is 24.3 Å². The molecule has 0 aliphatic heterocycles. The highest BCUT2D eigenvalue weighted by Gasteiger charge is 2.19. The molecule has 1 N–H and O–H groups in total. The maximum absolute atomic E-state index is 13.0. The van der Waals surface area contributed by atoms with Gasteiger partial charge in [0.1, 0.15) is 5.82 Å². The van der Waals surface area contributed by atoms with E-state index in [0.29, 0.717) is 6.04 Å². The molecule has 2 rings (SSSR count). The SMILES string of the molecule is CCCCC(NCC1CCC1)c1ccc(F)cc1. The monoisotopic (exact) mass is 249 g/mol. The Labute approximate surface area is 110 Å². The van der Waals surface area contributed by atoms with Gasteiger partial charge in [0.15, 0.2) is 0 Å². The van der Waals surface area contributed by atoms with Crippen LogP contribution in [0, 0.1) is 11.7 Å². The van der Waals surface area contributed by atoms with E-state index >= 15 is 0 Å². The third kappa shape index (κ3) is 3.81. The minimum Gasteiger partial charge on any atom is -0.310 e. The first-order valence-electron chi connectivity index (χ1n) is 7.28. The summed E-state index contributed by atoms with van der Waals surface area (Å²) in [4.78, 5) is 0. The first-order chi connectivity index (χ1) is 8.79. The number of hydrogen-bond acceptors (Lipinski definition) is 1. The summed E-state index contributed by atoms with van der Waals surface area (Å²) in [5.41, 5.74) is 1.23. The summed E-state index contributed by atoms with van der Waals surface area (Å²) in [6.07, 6.45) is 7.72. The maximum atomic E-state index is 13.0. The molecule has 2 heteroatoms. The topological polar surface area (TPSA) is 12.0 Å². The zero-order valence-electron chi connectivity index (χ0n) is 11.3. The van der Waals surface area contributed by atoms with Crippen LogP contribution in [-0.2, 0) is 0 Å². The average Bonchev–Trinajstić information content (AvgIpc) is 2.32. The van der Waals surface area contributed by atoms with Gasteiger partial charge in [0.05, 0.1) is 0 Å². The number of halogens is 1. The second kappa shape index (κ2) is 6.89. The fraction of sp³-hybridized carbons (Fsp3) is 0.625. The zero-order valence-corrected chi connectivity index (χ0v) is 11.3. The second-order valence-corrected chi connectivity index (χ2v) is 5.45. The van der Waals surface area contributed by atoms with Crippen molar-refractivity contribution in [1.82, 2.24) is 5.32 Å². The van der Waals surface area contributed by atoms with Crippen LogP contribution in [0.25, 0.3) is 0 Å². The van der Waals surface area contributed by atoms with Gasteiger partial charge in [-0.15, -0.1) is 0 Å². The number of hydrogen-bond donors (Lipinski definition) is 1. The highest BCUT2D eigenvalue weighted by Crippen LogP contribution is 2.27. The molecule has 0 saturated heterocycles. The molecule has 0 radical (unpaired) electrons. The lowest BCUT2D eigenvalue weighted by atomic mass is 9.85. The molecule has 0 spiro atoms. The van der Waals surface area contributed by atoms with E-state index in [0.717, 1.165) is 18.9 Å². The van der Waals surface area contributed by atoms with Crippen molar-refractivity contribution in [2.75, 3.05) is 6.54 Å². The van der Waals surface area contributed by atoms with Crippen LogP contribution in [0.2, 0.25) is 0 Å². The molecule has 1 atom stereocenters. The van der Waals surface area contributed by atoms with E-state index in [2.05, 4.69) is 12.2 Å². The lowest BCUT2D eigenvalue weighted by Gasteiger charge is -2.28. The van der Waals surface area contributed by atoms with Gasteiger partial charge in [-0.1, -0.05) is 38.3 Å². The van der Waals surface area contributed by atoms with E-state index < -0.39 is 0 Å². The van der Waals surface area contributed by atoms with E-state index in [1.165, 1.54) is 37.7 Å². The highest BCUT2D eigenvalue weighted by molar-refractivity contribution is 5.19. The van der Waals surface area contributed by atoms with Crippen molar-refractivity contribution in [2.24, 2.45) is 5.92 Å². The quantitative estimate of drug-likeness (QED) is 0.753. The van der Waals surface area contributed by atoms with Crippen molar-refractivity contribution in [3.8, 4) is 0 Å². The largest absolute Gasteiger partial charge is 0.310 e. The van der Waals surface area contributed by atoms with Crippen molar-refractivity contribution in [1.29, 1.82) is 0 Å². The van der Waals surface area contributed by atoms with Gasteiger partial charge in [0, 0.05) is 6.04 Å². The molecule has 1 saturated carbocycles. The van der Waals surface area contributed by atoms with Crippen molar-refractivity contribution in [3.05, 3.63) is 35.6 Å². The Bertz CT molecular complexity index is 343. The summed E-state index contributed by atoms with van der Waals surface area (Å²) in [7, 11) is 0. The molecule has 1 aromatic carbocycles. The molecule has 0 bridgehead atoms. The average molecular weight is 249 g/mol. The summed E-state index contributed by atoms with van der Waals surface area (Å²) in [5.74, 6) is 0.724. The summed E-state index contributed by atoms with van der Waals surface area (Å²) in [6, 6.07) is 7.37. The van der Waals surface area contributed by atoms with Gasteiger partial charge in [-0.2, -0.15) is 0 Å². The van der Waals surface area contributed by atoms with E-state index in [4.69, 9.17) is 0 Å². The predicted molar refractivity (Wildman–Crippen MR) is 74.0 cm³/mol. The summed E-state index contributed by atoms with van der Waals surface area (Å²) in [6.45, 7) is 3.33. The van der Waals surface area contributed by atoms with Gasteiger partial charge in [-0.3, -0.25) is 0 Å². The van der Waals surface area contributed by atoms with Gasteiger partial charge in [-0.05, 0) is 49.4 Å². The standard InChI is InChI=1S/C16H24FN/c1-2-3-7-16(18-12-13-5-4-6-13)14-8-10-15(17)11-9-14/h8-11,13,16,18H,2-7,12H2,1H3. The lowest BCUT2D eigenvalue weighted by molar-refractivity contribution is 0.285. The van der Waals surface area contributed by atoms with Crippen LogP contribution in [0.1, 0.15) is 57.1 Å². The fourth-order valence-electron chi connectivity index (χ4n) is 2.50. The first-order valence-corrected chi connectivity index (χ1v) is 7.28. The maximum Gasteiger partial charge on any atom is 0.123 e. The molecule has 100 valence electrons. The van der Waals surface area contributed by atoms with Gasteiger partial charge < -0.3 is 5.32 Å². The molecule has 1 nitrogen and oxygen atoms in total. The Morgan fingerprint density at radius 3 is 2.56 bits per heavy atom. The third-order valence-corrected chi connectivity index (χ3v) is 4.00. The van der Waals surface area contributed by atoms with E-state index in [9.17, 15) is 4.39 Å². The van der Waals surface area contributed by atoms with Crippen LogP contribution in [0.5, 0.6) is 0 Å². The van der Waals surface area contributed by atoms with Gasteiger partial charge in [-0.25, -0.2) is 4.39 Å². The fourth-order valence-corrected chi connectivity index (χ4v) is 2.50. The summed E-state index contributed by atoms with van der Waals surface area (Å²) >= 11 is 0. The zero-order chi connectivity index (χ0) is 12.8. The molecule has 1 unspecified atom stereocenters. The Balaban J connectivity index is 1.91. The second-order valence-electron chi connectivity index (χ2n) is 5.45. The molecule has 1 aliphatic rings. The van der Waals surface area contributed by atoms with Gasteiger partial charge >= 0.3 is 0 Å². The molecule has 0 amide bonds. The normalized spacial score (nSPS) is 17.4. The van der Waals surface area contributed by atoms with Crippen LogP contribution in [0.4, 0.5) is 4.39 Å². The Morgan fingerprint density at radius 2 is 2.00 bits per heavy atom. The van der Waals surface area contributed by atoms with E-state index in [1.807, 2.05) is 12.1 Å². The molecule has 0 aromatic heterocycles. The van der Waals surface area contributed by atoms with Crippen molar-refractivity contribution in [3.63, 3.8) is 0 Å². The molecule has 0 heterocycles. The molecule has 1 aromatic rings. The van der Waals surface area contributed by atoms with E-state index in [-0.39, 0.29) is 5.82 Å².